The van der Waals surface area contributed by atoms with E-state index in [2.05, 4.69) is 22.1 Å². The molecule has 1 aliphatic heterocycles. The van der Waals surface area contributed by atoms with Gasteiger partial charge < -0.3 is 15.6 Å². The summed E-state index contributed by atoms with van der Waals surface area (Å²) in [6.07, 6.45) is 0.826. The summed E-state index contributed by atoms with van der Waals surface area (Å²) < 4.78 is 0. The number of thiazole rings is 1. The van der Waals surface area contributed by atoms with Crippen LogP contribution in [0.5, 0.6) is 0 Å². The highest BCUT2D eigenvalue weighted by molar-refractivity contribution is 7.12. The van der Waals surface area contributed by atoms with Crippen LogP contribution >= 0.6 is 11.3 Å². The van der Waals surface area contributed by atoms with Gasteiger partial charge in [0.15, 0.2) is 0 Å². The fourth-order valence-electron chi connectivity index (χ4n) is 2.74. The predicted octanol–water partition coefficient (Wildman–Crippen LogP) is 2.39. The largest absolute Gasteiger partial charge is 0.350 e. The minimum absolute atomic E-state index is 0.0601. The Morgan fingerprint density at radius 3 is 2.64 bits per heavy atom. The van der Waals surface area contributed by atoms with E-state index in [1.807, 2.05) is 20.9 Å². The fourth-order valence-corrected chi connectivity index (χ4v) is 3.81. The van der Waals surface area contributed by atoms with Gasteiger partial charge in [-0.25, -0.2) is 4.98 Å². The van der Waals surface area contributed by atoms with Crippen molar-refractivity contribution in [2.45, 2.75) is 40.2 Å². The van der Waals surface area contributed by atoms with Crippen LogP contribution in [0, 0.1) is 19.3 Å². The summed E-state index contributed by atoms with van der Waals surface area (Å²) in [5.74, 6) is -0.0601. The number of likely N-dealkylation sites (tertiary alicyclic amines) is 1. The van der Waals surface area contributed by atoms with Crippen molar-refractivity contribution in [3.63, 3.8) is 0 Å². The molecule has 0 spiro atoms. The molecule has 5 nitrogen and oxygen atoms in total. The first kappa shape index (κ1) is 16.8. The summed E-state index contributed by atoms with van der Waals surface area (Å²) >= 11 is 1.64. The summed E-state index contributed by atoms with van der Waals surface area (Å²) in [7, 11) is 2.03. The molecule has 120 valence electrons. The number of amides is 1. The molecule has 1 amide bonds. The highest BCUT2D eigenvalue weighted by Crippen LogP contribution is 2.31. The molecule has 1 atom stereocenters. The Bertz CT molecular complexity index is 613. The van der Waals surface area contributed by atoms with Gasteiger partial charge in [0.25, 0.3) is 0 Å². The monoisotopic (exact) mass is 320 g/mol. The molecule has 1 fully saturated rings. The van der Waals surface area contributed by atoms with Crippen molar-refractivity contribution >= 4 is 28.5 Å². The van der Waals surface area contributed by atoms with Crippen molar-refractivity contribution in [3.05, 3.63) is 21.2 Å². The van der Waals surface area contributed by atoms with Crippen molar-refractivity contribution in [2.24, 2.45) is 0 Å². The Kier molecular flexibility index (Phi) is 5.13. The predicted molar refractivity (Wildman–Crippen MR) is 91.6 cm³/mol. The maximum absolute atomic E-state index is 11.5. The van der Waals surface area contributed by atoms with Crippen LogP contribution in [0.3, 0.4) is 0 Å². The lowest BCUT2D eigenvalue weighted by Crippen LogP contribution is -2.37. The topological polar surface area (TPSA) is 69.1 Å². The number of carbonyl (C=O) groups excluding carboxylic acids is 1. The Labute approximate surface area is 135 Å². The van der Waals surface area contributed by atoms with Gasteiger partial charge in [-0.05, 0) is 39.8 Å². The van der Waals surface area contributed by atoms with Crippen LogP contribution in [-0.4, -0.2) is 47.7 Å². The minimum atomic E-state index is -0.138. The molecule has 2 N–H and O–H groups in total. The van der Waals surface area contributed by atoms with Gasteiger partial charge in [-0.15, -0.1) is 11.3 Å². The fraction of sp³-hybridized carbons (Fsp3) is 0.562. The molecule has 1 saturated heterocycles. The molecule has 0 bridgehead atoms. The minimum Gasteiger partial charge on any atom is -0.350 e. The first-order valence-electron chi connectivity index (χ1n) is 7.50. The van der Waals surface area contributed by atoms with E-state index < -0.39 is 0 Å². The molecule has 1 aromatic heterocycles. The summed E-state index contributed by atoms with van der Waals surface area (Å²) in [4.78, 5) is 19.5. The van der Waals surface area contributed by atoms with E-state index >= 15 is 0 Å². The van der Waals surface area contributed by atoms with E-state index in [0.717, 1.165) is 34.8 Å². The van der Waals surface area contributed by atoms with E-state index in [0.29, 0.717) is 12.3 Å². The van der Waals surface area contributed by atoms with Crippen LogP contribution in [0.1, 0.15) is 35.8 Å². The van der Waals surface area contributed by atoms with E-state index in [-0.39, 0.29) is 11.9 Å². The zero-order valence-corrected chi connectivity index (χ0v) is 14.7. The standard InChI is InChI=1S/C16H24N4OS/c1-9-11(3)22-16(19-9)15(10(2)18-12(4)21)13-6-7-20(5)8-14(13)17/h10,17H,6-8H2,1-5H3,(H,18,21)/b15-13+,17-14?. The Hall–Kier alpha value is -1.53. The molecular weight excluding hydrogens is 296 g/mol. The second kappa shape index (κ2) is 6.71. The number of aryl methyl sites for hydroxylation is 2. The van der Waals surface area contributed by atoms with Crippen LogP contribution in [-0.2, 0) is 4.79 Å². The molecule has 2 rings (SSSR count). The molecule has 6 heteroatoms. The molecule has 0 radical (unpaired) electrons. The molecule has 0 saturated carbocycles. The Morgan fingerprint density at radius 1 is 1.45 bits per heavy atom. The summed E-state index contributed by atoms with van der Waals surface area (Å²) in [5, 5.41) is 12.2. The maximum atomic E-state index is 11.5. The molecule has 1 aromatic rings. The summed E-state index contributed by atoms with van der Waals surface area (Å²) in [6.45, 7) is 9.13. The van der Waals surface area contributed by atoms with Crippen LogP contribution in [0.2, 0.25) is 0 Å². The summed E-state index contributed by atoms with van der Waals surface area (Å²) in [6, 6.07) is -0.138. The third kappa shape index (κ3) is 3.62. The average Bonchev–Trinajstić information content (AvgIpc) is 2.71. The van der Waals surface area contributed by atoms with Crippen molar-refractivity contribution in [3.8, 4) is 0 Å². The number of hydrogen-bond donors (Lipinski definition) is 2. The number of carbonyl (C=O) groups is 1. The summed E-state index contributed by atoms with van der Waals surface area (Å²) in [5.41, 5.74) is 3.70. The van der Waals surface area contributed by atoms with Gasteiger partial charge in [0.1, 0.15) is 5.01 Å². The SMILES string of the molecule is CC(=O)NC(C)/C(=C1/CCN(C)CC1=N)c1nc(C)c(C)s1. The lowest BCUT2D eigenvalue weighted by molar-refractivity contribution is -0.119. The maximum Gasteiger partial charge on any atom is 0.217 e. The van der Waals surface area contributed by atoms with Gasteiger partial charge in [0.2, 0.25) is 5.91 Å². The molecular formula is C16H24N4OS. The number of aromatic nitrogens is 1. The van der Waals surface area contributed by atoms with Gasteiger partial charge in [0, 0.05) is 36.2 Å². The van der Waals surface area contributed by atoms with E-state index in [9.17, 15) is 4.79 Å². The molecule has 1 unspecified atom stereocenters. The van der Waals surface area contributed by atoms with E-state index in [1.54, 1.807) is 11.3 Å². The van der Waals surface area contributed by atoms with Crippen molar-refractivity contribution in [2.75, 3.05) is 20.1 Å². The second-order valence-electron chi connectivity index (χ2n) is 5.94. The molecule has 22 heavy (non-hydrogen) atoms. The van der Waals surface area contributed by atoms with Gasteiger partial charge in [0.05, 0.1) is 11.7 Å². The van der Waals surface area contributed by atoms with Crippen molar-refractivity contribution < 1.29 is 4.79 Å². The third-order valence-corrected chi connectivity index (χ3v) is 5.08. The number of rotatable bonds is 3. The molecule has 0 aromatic carbocycles. The van der Waals surface area contributed by atoms with Gasteiger partial charge >= 0.3 is 0 Å². The van der Waals surface area contributed by atoms with Gasteiger partial charge in [-0.3, -0.25) is 4.79 Å². The van der Waals surface area contributed by atoms with E-state index in [4.69, 9.17) is 5.41 Å². The van der Waals surface area contributed by atoms with Crippen LogP contribution in [0.4, 0.5) is 0 Å². The first-order valence-corrected chi connectivity index (χ1v) is 8.32. The van der Waals surface area contributed by atoms with Crippen LogP contribution < -0.4 is 5.32 Å². The number of hydrogen-bond acceptors (Lipinski definition) is 5. The Balaban J connectivity index is 2.49. The van der Waals surface area contributed by atoms with Crippen molar-refractivity contribution in [1.29, 1.82) is 5.41 Å². The number of piperidine rings is 1. The quantitative estimate of drug-likeness (QED) is 0.898. The van der Waals surface area contributed by atoms with Gasteiger partial charge in [-0.1, -0.05) is 0 Å². The zero-order chi connectivity index (χ0) is 16.4. The highest BCUT2D eigenvalue weighted by atomic mass is 32.1. The molecule has 2 heterocycles. The van der Waals surface area contributed by atoms with Crippen LogP contribution in [0.25, 0.3) is 5.57 Å². The smallest absolute Gasteiger partial charge is 0.217 e. The normalized spacial score (nSPS) is 20.0. The van der Waals surface area contributed by atoms with Gasteiger partial charge in [-0.2, -0.15) is 0 Å². The van der Waals surface area contributed by atoms with Crippen molar-refractivity contribution in [1.82, 2.24) is 15.2 Å². The highest BCUT2D eigenvalue weighted by Gasteiger charge is 2.26. The number of nitrogens with zero attached hydrogens (tertiary/aromatic N) is 2. The second-order valence-corrected chi connectivity index (χ2v) is 7.14. The molecule has 0 aliphatic carbocycles. The Morgan fingerprint density at radius 2 is 2.14 bits per heavy atom. The average molecular weight is 320 g/mol. The lowest BCUT2D eigenvalue weighted by atomic mass is 9.92. The number of nitrogens with one attached hydrogen (secondary N) is 2. The third-order valence-electron chi connectivity index (χ3n) is 3.97. The zero-order valence-electron chi connectivity index (χ0n) is 13.9. The van der Waals surface area contributed by atoms with E-state index in [1.165, 1.54) is 11.8 Å². The first-order chi connectivity index (χ1) is 10.3. The lowest BCUT2D eigenvalue weighted by Gasteiger charge is -2.28. The van der Waals surface area contributed by atoms with Crippen LogP contribution in [0.15, 0.2) is 5.57 Å². The molecule has 1 aliphatic rings.